The highest BCUT2D eigenvalue weighted by Crippen LogP contribution is 2.05. The Hall–Kier alpha value is -1.10. The average molecular weight is 242 g/mol. The molecular formula is C12H22N2O3. The van der Waals surface area contributed by atoms with Crippen molar-refractivity contribution >= 4 is 11.9 Å². The molecular weight excluding hydrogens is 220 g/mol. The van der Waals surface area contributed by atoms with Gasteiger partial charge in [0.1, 0.15) is 0 Å². The molecule has 0 saturated carbocycles. The molecule has 0 spiro atoms. The second kappa shape index (κ2) is 7.27. The summed E-state index contributed by atoms with van der Waals surface area (Å²) in [5, 5.41) is 0. The molecule has 1 amide bonds. The van der Waals surface area contributed by atoms with E-state index in [0.29, 0.717) is 6.61 Å². The Bertz CT molecular complexity index is 260. The van der Waals surface area contributed by atoms with Gasteiger partial charge in [-0.1, -0.05) is 6.92 Å². The zero-order valence-corrected chi connectivity index (χ0v) is 10.8. The van der Waals surface area contributed by atoms with Crippen molar-refractivity contribution in [3.63, 3.8) is 0 Å². The molecule has 0 N–H and O–H groups in total. The van der Waals surface area contributed by atoms with Crippen LogP contribution in [-0.2, 0) is 14.3 Å². The molecule has 0 aromatic rings. The molecule has 1 fully saturated rings. The molecule has 0 aromatic carbocycles. The third-order valence-corrected chi connectivity index (χ3v) is 3.02. The van der Waals surface area contributed by atoms with Gasteiger partial charge in [-0.25, -0.2) is 0 Å². The summed E-state index contributed by atoms with van der Waals surface area (Å²) in [5.41, 5.74) is 0. The smallest absolute Gasteiger partial charge is 0.306 e. The Morgan fingerprint density at radius 1 is 1.06 bits per heavy atom. The maximum absolute atomic E-state index is 11.8. The van der Waals surface area contributed by atoms with Crippen LogP contribution in [0.3, 0.4) is 0 Å². The molecule has 1 heterocycles. The van der Waals surface area contributed by atoms with Crippen LogP contribution in [0.2, 0.25) is 0 Å². The maximum Gasteiger partial charge on any atom is 0.306 e. The average Bonchev–Trinajstić information content (AvgIpc) is 2.36. The number of ether oxygens (including phenoxy) is 1. The molecule has 0 aliphatic carbocycles. The number of piperazine rings is 1. The van der Waals surface area contributed by atoms with Crippen molar-refractivity contribution in [3.05, 3.63) is 0 Å². The first-order chi connectivity index (χ1) is 8.17. The Morgan fingerprint density at radius 3 is 2.24 bits per heavy atom. The molecule has 5 heteroatoms. The van der Waals surface area contributed by atoms with Crippen LogP contribution in [0, 0.1) is 0 Å². The van der Waals surface area contributed by atoms with Crippen molar-refractivity contribution in [2.45, 2.75) is 26.7 Å². The molecule has 1 rings (SSSR count). The highest BCUT2D eigenvalue weighted by molar-refractivity contribution is 5.81. The van der Waals surface area contributed by atoms with Crippen LogP contribution in [-0.4, -0.2) is 61.0 Å². The van der Waals surface area contributed by atoms with Crippen LogP contribution in [0.1, 0.15) is 26.7 Å². The van der Waals surface area contributed by atoms with Gasteiger partial charge in [-0.3, -0.25) is 9.59 Å². The van der Waals surface area contributed by atoms with E-state index in [9.17, 15) is 9.59 Å². The van der Waals surface area contributed by atoms with Crippen molar-refractivity contribution in [3.8, 4) is 0 Å². The van der Waals surface area contributed by atoms with E-state index in [4.69, 9.17) is 4.74 Å². The largest absolute Gasteiger partial charge is 0.466 e. The summed E-state index contributed by atoms with van der Waals surface area (Å²) in [6, 6.07) is 0. The molecule has 5 nitrogen and oxygen atoms in total. The first kappa shape index (κ1) is 14.0. The van der Waals surface area contributed by atoms with E-state index >= 15 is 0 Å². The zero-order valence-electron chi connectivity index (χ0n) is 10.8. The number of amides is 1. The standard InChI is InChI=1S/C12H22N2O3/c1-3-13-7-9-14(10-8-13)11(15)5-6-12(16)17-4-2/h3-10H2,1-2H3. The minimum Gasteiger partial charge on any atom is -0.466 e. The normalized spacial score (nSPS) is 16.9. The molecule has 0 atom stereocenters. The number of rotatable bonds is 5. The number of nitrogens with zero attached hydrogens (tertiary/aromatic N) is 2. The van der Waals surface area contributed by atoms with Crippen LogP contribution >= 0.6 is 0 Å². The summed E-state index contributed by atoms with van der Waals surface area (Å²) in [4.78, 5) is 27.1. The highest BCUT2D eigenvalue weighted by Gasteiger charge is 2.20. The molecule has 98 valence electrons. The van der Waals surface area contributed by atoms with Crippen LogP contribution in [0.5, 0.6) is 0 Å². The lowest BCUT2D eigenvalue weighted by atomic mass is 10.2. The predicted octanol–water partition coefficient (Wildman–Crippen LogP) is 0.494. The van der Waals surface area contributed by atoms with Crippen molar-refractivity contribution < 1.29 is 14.3 Å². The Kier molecular flexibility index (Phi) is 5.97. The fourth-order valence-electron chi connectivity index (χ4n) is 1.91. The van der Waals surface area contributed by atoms with E-state index in [1.54, 1.807) is 6.92 Å². The quantitative estimate of drug-likeness (QED) is 0.659. The maximum atomic E-state index is 11.8. The molecule has 0 bridgehead atoms. The molecule has 0 unspecified atom stereocenters. The van der Waals surface area contributed by atoms with Crippen molar-refractivity contribution in [2.24, 2.45) is 0 Å². The van der Waals surface area contributed by atoms with E-state index in [0.717, 1.165) is 32.7 Å². The second-order valence-electron chi connectivity index (χ2n) is 4.12. The van der Waals surface area contributed by atoms with E-state index in [-0.39, 0.29) is 24.7 Å². The summed E-state index contributed by atoms with van der Waals surface area (Å²) >= 11 is 0. The Labute approximate surface area is 103 Å². The van der Waals surface area contributed by atoms with Crippen LogP contribution in [0.15, 0.2) is 0 Å². The second-order valence-corrected chi connectivity index (χ2v) is 4.12. The van der Waals surface area contributed by atoms with Crippen molar-refractivity contribution in [1.29, 1.82) is 0 Å². The number of carbonyl (C=O) groups is 2. The molecule has 1 aliphatic rings. The van der Waals surface area contributed by atoms with Crippen molar-refractivity contribution in [1.82, 2.24) is 9.80 Å². The summed E-state index contributed by atoms with van der Waals surface area (Å²) in [5.74, 6) is -0.221. The van der Waals surface area contributed by atoms with Crippen LogP contribution in [0.4, 0.5) is 0 Å². The lowest BCUT2D eigenvalue weighted by Crippen LogP contribution is -2.48. The SMILES string of the molecule is CCOC(=O)CCC(=O)N1CCN(CC)CC1. The van der Waals surface area contributed by atoms with Gasteiger partial charge in [-0.05, 0) is 13.5 Å². The van der Waals surface area contributed by atoms with Crippen molar-refractivity contribution in [2.75, 3.05) is 39.3 Å². The van der Waals surface area contributed by atoms with Gasteiger partial charge in [-0.15, -0.1) is 0 Å². The van der Waals surface area contributed by atoms with E-state index < -0.39 is 0 Å². The first-order valence-electron chi connectivity index (χ1n) is 6.33. The zero-order chi connectivity index (χ0) is 12.7. The van der Waals surface area contributed by atoms with E-state index in [1.165, 1.54) is 0 Å². The van der Waals surface area contributed by atoms with Crippen LogP contribution < -0.4 is 0 Å². The number of carbonyl (C=O) groups excluding carboxylic acids is 2. The highest BCUT2D eigenvalue weighted by atomic mass is 16.5. The van der Waals surface area contributed by atoms with Gasteiger partial charge in [0, 0.05) is 32.6 Å². The van der Waals surface area contributed by atoms with Gasteiger partial charge < -0.3 is 14.5 Å². The number of hydrogen-bond donors (Lipinski definition) is 0. The number of hydrogen-bond acceptors (Lipinski definition) is 4. The van der Waals surface area contributed by atoms with Gasteiger partial charge in [0.15, 0.2) is 0 Å². The molecule has 0 aromatic heterocycles. The number of esters is 1. The summed E-state index contributed by atoms with van der Waals surface area (Å²) < 4.78 is 4.80. The fourth-order valence-corrected chi connectivity index (χ4v) is 1.91. The lowest BCUT2D eigenvalue weighted by molar-refractivity contribution is -0.146. The van der Waals surface area contributed by atoms with E-state index in [2.05, 4.69) is 11.8 Å². The number of likely N-dealkylation sites (N-methyl/N-ethyl adjacent to an activating group) is 1. The summed E-state index contributed by atoms with van der Waals surface area (Å²) in [6.07, 6.45) is 0.464. The molecule has 0 radical (unpaired) electrons. The van der Waals surface area contributed by atoms with Gasteiger partial charge in [0.2, 0.25) is 5.91 Å². The first-order valence-corrected chi connectivity index (χ1v) is 6.33. The lowest BCUT2D eigenvalue weighted by Gasteiger charge is -2.34. The van der Waals surface area contributed by atoms with Gasteiger partial charge >= 0.3 is 5.97 Å². The Balaban J connectivity index is 2.22. The monoisotopic (exact) mass is 242 g/mol. The predicted molar refractivity (Wildman–Crippen MR) is 64.6 cm³/mol. The molecule has 17 heavy (non-hydrogen) atoms. The third kappa shape index (κ3) is 4.73. The molecule has 1 aliphatic heterocycles. The van der Waals surface area contributed by atoms with Gasteiger partial charge in [0.25, 0.3) is 0 Å². The Morgan fingerprint density at radius 2 is 1.71 bits per heavy atom. The molecule has 1 saturated heterocycles. The van der Waals surface area contributed by atoms with Gasteiger partial charge in [0.05, 0.1) is 13.0 Å². The minimum absolute atomic E-state index is 0.0637. The fraction of sp³-hybridized carbons (Fsp3) is 0.833. The van der Waals surface area contributed by atoms with Crippen LogP contribution in [0.25, 0.3) is 0 Å². The summed E-state index contributed by atoms with van der Waals surface area (Å²) in [7, 11) is 0. The topological polar surface area (TPSA) is 49.9 Å². The minimum atomic E-state index is -0.284. The van der Waals surface area contributed by atoms with Gasteiger partial charge in [-0.2, -0.15) is 0 Å². The van der Waals surface area contributed by atoms with E-state index in [1.807, 2.05) is 4.90 Å². The third-order valence-electron chi connectivity index (χ3n) is 3.02. The summed E-state index contributed by atoms with van der Waals surface area (Å²) in [6.45, 7) is 8.71.